The minimum Gasteiger partial charge on any atom is -0.383 e. The molecule has 2 heterocycles. The number of halogens is 1. The highest BCUT2D eigenvalue weighted by molar-refractivity contribution is 5.98. The van der Waals surface area contributed by atoms with Crippen LogP contribution in [0, 0.1) is 5.82 Å². The average molecular weight is 306 g/mol. The molecule has 1 atom stereocenters. The number of hydrogen-bond acceptors (Lipinski definition) is 3. The van der Waals surface area contributed by atoms with Gasteiger partial charge in [0.05, 0.1) is 5.69 Å². The molecule has 2 amide bonds. The van der Waals surface area contributed by atoms with Gasteiger partial charge in [0.2, 0.25) is 5.91 Å². The second-order valence-electron chi connectivity index (χ2n) is 5.79. The van der Waals surface area contributed by atoms with Gasteiger partial charge in [0.1, 0.15) is 11.9 Å². The van der Waals surface area contributed by atoms with Crippen molar-refractivity contribution in [1.29, 1.82) is 0 Å². The maximum atomic E-state index is 14.4. The molecule has 0 spiro atoms. The number of aliphatic hydroxyl groups excluding tert-OH is 1. The lowest BCUT2D eigenvalue weighted by Crippen LogP contribution is -2.44. The molecule has 2 aliphatic heterocycles. The summed E-state index contributed by atoms with van der Waals surface area (Å²) in [7, 11) is 0. The molecule has 2 aliphatic rings. The summed E-state index contributed by atoms with van der Waals surface area (Å²) in [5.41, 5.74) is 0.688. The van der Waals surface area contributed by atoms with Gasteiger partial charge >= 0.3 is 0 Å². The van der Waals surface area contributed by atoms with E-state index in [-0.39, 0.29) is 11.6 Å². The molecule has 0 bridgehead atoms. The number of anilines is 2. The van der Waals surface area contributed by atoms with Gasteiger partial charge in [-0.05, 0) is 43.9 Å². The van der Waals surface area contributed by atoms with Crippen molar-refractivity contribution in [1.82, 2.24) is 0 Å². The summed E-state index contributed by atoms with van der Waals surface area (Å²) in [6.07, 6.45) is 2.26. The van der Waals surface area contributed by atoms with Gasteiger partial charge in [-0.2, -0.15) is 0 Å². The van der Waals surface area contributed by atoms with E-state index in [4.69, 9.17) is 0 Å². The zero-order valence-electron chi connectivity index (χ0n) is 12.3. The molecule has 22 heavy (non-hydrogen) atoms. The van der Waals surface area contributed by atoms with Gasteiger partial charge in [0.25, 0.3) is 5.91 Å². The number of benzene rings is 1. The minimum absolute atomic E-state index is 0.00266. The summed E-state index contributed by atoms with van der Waals surface area (Å²) in [5, 5.41) is 9.63. The van der Waals surface area contributed by atoms with Crippen LogP contribution >= 0.6 is 0 Å². The van der Waals surface area contributed by atoms with E-state index < -0.39 is 17.8 Å². The third kappa shape index (κ3) is 2.70. The number of carbonyl (C=O) groups excluding carboxylic acids is 2. The van der Waals surface area contributed by atoms with Crippen LogP contribution in [-0.4, -0.2) is 36.1 Å². The molecule has 0 radical (unpaired) electrons. The first-order valence-corrected chi connectivity index (χ1v) is 7.67. The highest BCUT2D eigenvalue weighted by Crippen LogP contribution is 2.29. The minimum atomic E-state index is -1.06. The van der Waals surface area contributed by atoms with Crippen LogP contribution in [0.4, 0.5) is 15.8 Å². The van der Waals surface area contributed by atoms with Crippen LogP contribution in [0.15, 0.2) is 18.2 Å². The third-order valence-electron chi connectivity index (χ3n) is 4.27. The summed E-state index contributed by atoms with van der Waals surface area (Å²) in [4.78, 5) is 26.7. The lowest BCUT2D eigenvalue weighted by molar-refractivity contribution is -0.128. The molecule has 3 rings (SSSR count). The number of carbonyl (C=O) groups is 2. The van der Waals surface area contributed by atoms with Crippen LogP contribution in [0.1, 0.15) is 32.1 Å². The number of piperidine rings is 2. The van der Waals surface area contributed by atoms with E-state index in [1.54, 1.807) is 11.0 Å². The smallest absolute Gasteiger partial charge is 0.255 e. The number of nitrogens with zero attached hydrogens (tertiary/aromatic N) is 2. The van der Waals surface area contributed by atoms with E-state index in [0.717, 1.165) is 12.8 Å². The van der Waals surface area contributed by atoms with Gasteiger partial charge in [0, 0.05) is 25.2 Å². The molecule has 5 nitrogen and oxygen atoms in total. The summed E-state index contributed by atoms with van der Waals surface area (Å²) in [6, 6.07) is 4.48. The van der Waals surface area contributed by atoms with Crippen molar-refractivity contribution in [2.45, 2.75) is 38.2 Å². The Hall–Kier alpha value is -1.95. The summed E-state index contributed by atoms with van der Waals surface area (Å²) in [5.74, 6) is -1.01. The largest absolute Gasteiger partial charge is 0.383 e. The van der Waals surface area contributed by atoms with Crippen LogP contribution in [-0.2, 0) is 9.59 Å². The monoisotopic (exact) mass is 306 g/mol. The molecule has 1 aromatic rings. The first kappa shape index (κ1) is 15.0. The highest BCUT2D eigenvalue weighted by atomic mass is 19.1. The van der Waals surface area contributed by atoms with Gasteiger partial charge in [-0.3, -0.25) is 9.59 Å². The third-order valence-corrected chi connectivity index (χ3v) is 4.27. The van der Waals surface area contributed by atoms with Crippen LogP contribution in [0.25, 0.3) is 0 Å². The van der Waals surface area contributed by atoms with Crippen LogP contribution < -0.4 is 9.80 Å². The van der Waals surface area contributed by atoms with E-state index >= 15 is 0 Å². The van der Waals surface area contributed by atoms with Gasteiger partial charge in [-0.25, -0.2) is 4.39 Å². The maximum Gasteiger partial charge on any atom is 0.255 e. The summed E-state index contributed by atoms with van der Waals surface area (Å²) >= 11 is 0. The number of hydrogen-bond donors (Lipinski definition) is 1. The van der Waals surface area contributed by atoms with Crippen molar-refractivity contribution < 1.29 is 19.1 Å². The second-order valence-corrected chi connectivity index (χ2v) is 5.79. The van der Waals surface area contributed by atoms with E-state index in [9.17, 15) is 19.1 Å². The molecule has 1 unspecified atom stereocenters. The van der Waals surface area contributed by atoms with Crippen LogP contribution in [0.5, 0.6) is 0 Å². The van der Waals surface area contributed by atoms with E-state index in [0.29, 0.717) is 38.0 Å². The van der Waals surface area contributed by atoms with Crippen molar-refractivity contribution in [3.8, 4) is 0 Å². The predicted molar refractivity (Wildman–Crippen MR) is 80.2 cm³/mol. The Labute approximate surface area is 128 Å². The van der Waals surface area contributed by atoms with Crippen molar-refractivity contribution in [2.75, 3.05) is 22.9 Å². The first-order chi connectivity index (χ1) is 10.6. The van der Waals surface area contributed by atoms with Crippen molar-refractivity contribution in [3.63, 3.8) is 0 Å². The van der Waals surface area contributed by atoms with Crippen molar-refractivity contribution in [3.05, 3.63) is 24.0 Å². The summed E-state index contributed by atoms with van der Waals surface area (Å²) < 4.78 is 14.4. The topological polar surface area (TPSA) is 60.9 Å². The number of aliphatic hydroxyl groups is 1. The maximum absolute atomic E-state index is 14.4. The Morgan fingerprint density at radius 2 is 1.86 bits per heavy atom. The normalized spacial score (nSPS) is 23.1. The fraction of sp³-hybridized carbons (Fsp3) is 0.500. The van der Waals surface area contributed by atoms with Crippen LogP contribution in [0.2, 0.25) is 0 Å². The van der Waals surface area contributed by atoms with Gasteiger partial charge in [0.15, 0.2) is 0 Å². The highest BCUT2D eigenvalue weighted by Gasteiger charge is 2.30. The molecule has 1 aromatic carbocycles. The Morgan fingerprint density at radius 1 is 1.09 bits per heavy atom. The molecule has 0 aliphatic carbocycles. The Bertz CT molecular complexity index is 605. The fourth-order valence-corrected chi connectivity index (χ4v) is 3.06. The molecule has 6 heteroatoms. The van der Waals surface area contributed by atoms with E-state index in [2.05, 4.69) is 0 Å². The van der Waals surface area contributed by atoms with Gasteiger partial charge < -0.3 is 14.9 Å². The predicted octanol–water partition coefficient (Wildman–Crippen LogP) is 1.83. The standard InChI is InChI=1S/C16H19FN2O3/c17-12-10-11(18-8-2-1-5-15(18)21)6-7-13(12)19-9-3-4-14(20)16(19)22/h6-7,10,14,20H,1-5,8-9H2. The molecule has 2 saturated heterocycles. The number of amides is 2. The molecule has 2 fully saturated rings. The molecule has 118 valence electrons. The molecule has 0 aromatic heterocycles. The second kappa shape index (κ2) is 6.04. The molecular formula is C16H19FN2O3. The quantitative estimate of drug-likeness (QED) is 0.907. The Balaban J connectivity index is 1.86. The van der Waals surface area contributed by atoms with Gasteiger partial charge in [-0.1, -0.05) is 0 Å². The zero-order chi connectivity index (χ0) is 15.7. The summed E-state index contributed by atoms with van der Waals surface area (Å²) in [6.45, 7) is 0.994. The molecule has 1 N–H and O–H groups in total. The Morgan fingerprint density at radius 3 is 2.59 bits per heavy atom. The van der Waals surface area contributed by atoms with Gasteiger partial charge in [-0.15, -0.1) is 0 Å². The van der Waals surface area contributed by atoms with E-state index in [1.165, 1.54) is 17.0 Å². The first-order valence-electron chi connectivity index (χ1n) is 7.67. The van der Waals surface area contributed by atoms with Crippen molar-refractivity contribution >= 4 is 23.2 Å². The van der Waals surface area contributed by atoms with Crippen molar-refractivity contribution in [2.24, 2.45) is 0 Å². The number of rotatable bonds is 2. The lowest BCUT2D eigenvalue weighted by atomic mass is 10.1. The zero-order valence-corrected chi connectivity index (χ0v) is 12.3. The van der Waals surface area contributed by atoms with E-state index in [1.807, 2.05) is 0 Å². The van der Waals surface area contributed by atoms with Crippen LogP contribution in [0.3, 0.4) is 0 Å². The molecule has 0 saturated carbocycles. The average Bonchev–Trinajstić information content (AvgIpc) is 2.51. The molecular weight excluding hydrogens is 287 g/mol. The fourth-order valence-electron chi connectivity index (χ4n) is 3.06. The lowest BCUT2D eigenvalue weighted by Gasteiger charge is -2.31. The Kier molecular flexibility index (Phi) is 4.11. The SMILES string of the molecule is O=C1CCCCN1c1ccc(N2CCCC(O)C2=O)c(F)c1.